The maximum absolute atomic E-state index is 12.4. The first-order chi connectivity index (χ1) is 11.0. The van der Waals surface area contributed by atoms with Crippen molar-refractivity contribution >= 4 is 28.5 Å². The molecule has 3 heterocycles. The molecule has 0 aromatic carbocycles. The van der Waals surface area contributed by atoms with Gasteiger partial charge >= 0.3 is 0 Å². The highest BCUT2D eigenvalue weighted by atomic mass is 16.2. The molecule has 7 heteroatoms. The quantitative estimate of drug-likeness (QED) is 0.939. The average Bonchev–Trinajstić information content (AvgIpc) is 3.13. The maximum Gasteiger partial charge on any atom is 0.247 e. The lowest BCUT2D eigenvalue weighted by molar-refractivity contribution is -0.134. The van der Waals surface area contributed by atoms with Gasteiger partial charge in [-0.3, -0.25) is 9.59 Å². The Balaban J connectivity index is 1.79. The van der Waals surface area contributed by atoms with E-state index in [1.807, 2.05) is 24.6 Å². The molecular weight excluding hydrogens is 294 g/mol. The van der Waals surface area contributed by atoms with E-state index in [0.717, 1.165) is 17.5 Å². The van der Waals surface area contributed by atoms with Crippen molar-refractivity contribution in [3.8, 4) is 0 Å². The van der Waals surface area contributed by atoms with Crippen molar-refractivity contribution in [2.75, 3.05) is 11.9 Å². The summed E-state index contributed by atoms with van der Waals surface area (Å²) in [5.41, 5.74) is 1.42. The Kier molecular flexibility index (Phi) is 4.02. The van der Waals surface area contributed by atoms with Gasteiger partial charge in [-0.1, -0.05) is 0 Å². The summed E-state index contributed by atoms with van der Waals surface area (Å²) >= 11 is 0. The highest BCUT2D eigenvalue weighted by molar-refractivity contribution is 5.98. The lowest BCUT2D eigenvalue weighted by Gasteiger charge is -2.22. The van der Waals surface area contributed by atoms with Crippen LogP contribution in [0.15, 0.2) is 18.5 Å². The van der Waals surface area contributed by atoms with Crippen LogP contribution in [0.2, 0.25) is 0 Å². The number of nitrogens with one attached hydrogen (secondary N) is 1. The Morgan fingerprint density at radius 3 is 2.83 bits per heavy atom. The van der Waals surface area contributed by atoms with E-state index in [9.17, 15) is 9.59 Å². The molecule has 2 aromatic heterocycles. The Labute approximate surface area is 134 Å². The number of fused-ring (bicyclic) bond motifs is 1. The van der Waals surface area contributed by atoms with Gasteiger partial charge in [-0.05, 0) is 32.8 Å². The fourth-order valence-electron chi connectivity index (χ4n) is 3.03. The standard InChI is InChI=1S/C16H21N5O2/c1-10(2)21-15-12(8-18-21)7-13(9-17-15)19-16(23)14-5-4-6-20(14)11(3)22/h7-10,14H,4-6H2,1-3H3,(H,19,23)/t14-/m0/s1. The topological polar surface area (TPSA) is 80.1 Å². The normalized spacial score (nSPS) is 17.9. The summed E-state index contributed by atoms with van der Waals surface area (Å²) in [6.07, 6.45) is 4.94. The lowest BCUT2D eigenvalue weighted by atomic mass is 10.2. The number of rotatable bonds is 3. The molecule has 1 fully saturated rings. The van der Waals surface area contributed by atoms with E-state index in [-0.39, 0.29) is 23.9 Å². The first kappa shape index (κ1) is 15.5. The molecule has 122 valence electrons. The largest absolute Gasteiger partial charge is 0.331 e. The van der Waals surface area contributed by atoms with Crippen molar-refractivity contribution in [1.29, 1.82) is 0 Å². The summed E-state index contributed by atoms with van der Waals surface area (Å²) in [6.45, 7) is 6.23. The second kappa shape index (κ2) is 5.98. The van der Waals surface area contributed by atoms with Gasteiger partial charge in [0.15, 0.2) is 5.65 Å². The van der Waals surface area contributed by atoms with Crippen LogP contribution in [0.3, 0.4) is 0 Å². The Morgan fingerprint density at radius 1 is 1.35 bits per heavy atom. The summed E-state index contributed by atoms with van der Waals surface area (Å²) in [5, 5.41) is 8.06. The molecule has 23 heavy (non-hydrogen) atoms. The van der Waals surface area contributed by atoms with Gasteiger partial charge in [0.1, 0.15) is 6.04 Å². The van der Waals surface area contributed by atoms with Crippen LogP contribution in [0.4, 0.5) is 5.69 Å². The van der Waals surface area contributed by atoms with Crippen LogP contribution >= 0.6 is 0 Å². The van der Waals surface area contributed by atoms with E-state index in [2.05, 4.69) is 15.4 Å². The number of amides is 2. The number of carbonyl (C=O) groups excluding carboxylic acids is 2. The van der Waals surface area contributed by atoms with Crippen molar-refractivity contribution in [2.45, 2.75) is 45.7 Å². The Hall–Kier alpha value is -2.44. The zero-order chi connectivity index (χ0) is 16.6. The third-order valence-corrected chi connectivity index (χ3v) is 4.15. The van der Waals surface area contributed by atoms with Gasteiger partial charge < -0.3 is 10.2 Å². The van der Waals surface area contributed by atoms with Gasteiger partial charge in [-0.15, -0.1) is 0 Å². The van der Waals surface area contributed by atoms with Crippen LogP contribution in [-0.4, -0.2) is 44.1 Å². The molecule has 7 nitrogen and oxygen atoms in total. The smallest absolute Gasteiger partial charge is 0.247 e. The molecule has 1 aliphatic rings. The monoisotopic (exact) mass is 315 g/mol. The Bertz CT molecular complexity index is 752. The molecular formula is C16H21N5O2. The van der Waals surface area contributed by atoms with E-state index in [4.69, 9.17) is 0 Å². The molecule has 0 radical (unpaired) electrons. The fourth-order valence-corrected chi connectivity index (χ4v) is 3.03. The number of hydrogen-bond donors (Lipinski definition) is 1. The van der Waals surface area contributed by atoms with Crippen molar-refractivity contribution in [2.24, 2.45) is 0 Å². The first-order valence-electron chi connectivity index (χ1n) is 7.88. The molecule has 1 saturated heterocycles. The SMILES string of the molecule is CC(=O)N1CCC[C@H]1C(=O)Nc1cnc2c(cnn2C(C)C)c1. The maximum atomic E-state index is 12.4. The van der Waals surface area contributed by atoms with E-state index in [0.29, 0.717) is 18.7 Å². The van der Waals surface area contributed by atoms with Crippen LogP contribution in [0.5, 0.6) is 0 Å². The van der Waals surface area contributed by atoms with Crippen LogP contribution < -0.4 is 5.32 Å². The van der Waals surface area contributed by atoms with Gasteiger partial charge in [0, 0.05) is 24.9 Å². The molecule has 0 saturated carbocycles. The van der Waals surface area contributed by atoms with Crippen molar-refractivity contribution in [3.63, 3.8) is 0 Å². The molecule has 0 bridgehead atoms. The molecule has 1 N–H and O–H groups in total. The van der Waals surface area contributed by atoms with Gasteiger partial charge in [-0.25, -0.2) is 9.67 Å². The van der Waals surface area contributed by atoms with Crippen LogP contribution in [0.25, 0.3) is 11.0 Å². The van der Waals surface area contributed by atoms with E-state index in [1.54, 1.807) is 17.3 Å². The Morgan fingerprint density at radius 2 is 2.13 bits per heavy atom. The molecule has 0 spiro atoms. The lowest BCUT2D eigenvalue weighted by Crippen LogP contribution is -2.42. The zero-order valence-corrected chi connectivity index (χ0v) is 13.6. The van der Waals surface area contributed by atoms with Crippen LogP contribution in [-0.2, 0) is 9.59 Å². The second-order valence-electron chi connectivity index (χ2n) is 6.18. The molecule has 2 aromatic rings. The van der Waals surface area contributed by atoms with Crippen molar-refractivity contribution in [3.05, 3.63) is 18.5 Å². The minimum atomic E-state index is -0.387. The number of anilines is 1. The summed E-state index contributed by atoms with van der Waals surface area (Å²) in [7, 11) is 0. The predicted octanol–water partition coefficient (Wildman–Crippen LogP) is 1.96. The van der Waals surface area contributed by atoms with Gasteiger partial charge in [0.25, 0.3) is 0 Å². The van der Waals surface area contributed by atoms with E-state index in [1.165, 1.54) is 6.92 Å². The van der Waals surface area contributed by atoms with Crippen molar-refractivity contribution in [1.82, 2.24) is 19.7 Å². The van der Waals surface area contributed by atoms with Gasteiger partial charge in [-0.2, -0.15) is 5.10 Å². The average molecular weight is 315 g/mol. The van der Waals surface area contributed by atoms with Gasteiger partial charge in [0.05, 0.1) is 18.1 Å². The molecule has 1 atom stereocenters. The number of likely N-dealkylation sites (tertiary alicyclic amines) is 1. The minimum Gasteiger partial charge on any atom is -0.331 e. The third kappa shape index (κ3) is 2.91. The molecule has 1 aliphatic heterocycles. The number of nitrogens with zero attached hydrogens (tertiary/aromatic N) is 4. The van der Waals surface area contributed by atoms with E-state index >= 15 is 0 Å². The second-order valence-corrected chi connectivity index (χ2v) is 6.18. The van der Waals surface area contributed by atoms with Crippen molar-refractivity contribution < 1.29 is 9.59 Å². The first-order valence-corrected chi connectivity index (χ1v) is 7.88. The number of carbonyl (C=O) groups is 2. The van der Waals surface area contributed by atoms with Crippen LogP contribution in [0.1, 0.15) is 39.7 Å². The number of aromatic nitrogens is 3. The summed E-state index contributed by atoms with van der Waals surface area (Å²) in [4.78, 5) is 30.0. The highest BCUT2D eigenvalue weighted by Gasteiger charge is 2.32. The molecule has 0 aliphatic carbocycles. The highest BCUT2D eigenvalue weighted by Crippen LogP contribution is 2.22. The third-order valence-electron chi connectivity index (χ3n) is 4.15. The summed E-state index contributed by atoms with van der Waals surface area (Å²) in [6, 6.07) is 1.70. The predicted molar refractivity (Wildman–Crippen MR) is 87.0 cm³/mol. The molecule has 2 amide bonds. The minimum absolute atomic E-state index is 0.0607. The van der Waals surface area contributed by atoms with Gasteiger partial charge in [0.2, 0.25) is 11.8 Å². The number of pyridine rings is 1. The molecule has 0 unspecified atom stereocenters. The number of hydrogen-bond acceptors (Lipinski definition) is 4. The summed E-state index contributed by atoms with van der Waals surface area (Å²) in [5.74, 6) is -0.218. The zero-order valence-electron chi connectivity index (χ0n) is 13.6. The fraction of sp³-hybridized carbons (Fsp3) is 0.500. The van der Waals surface area contributed by atoms with Crippen LogP contribution in [0, 0.1) is 0 Å². The summed E-state index contributed by atoms with van der Waals surface area (Å²) < 4.78 is 1.84. The van der Waals surface area contributed by atoms with E-state index < -0.39 is 0 Å². The molecule has 3 rings (SSSR count).